The maximum absolute atomic E-state index is 12.2. The van der Waals surface area contributed by atoms with Crippen LogP contribution in [0.4, 0.5) is 0 Å². The number of nitrogens with zero attached hydrogens (tertiary/aromatic N) is 1. The molecular formula is C14H21N3O3S. The lowest BCUT2D eigenvalue weighted by Gasteiger charge is -2.13. The highest BCUT2D eigenvalue weighted by Gasteiger charge is 2.19. The average Bonchev–Trinajstić information content (AvgIpc) is 2.98. The Balaban J connectivity index is 2.04. The summed E-state index contributed by atoms with van der Waals surface area (Å²) in [5.74, 6) is -0.151. The van der Waals surface area contributed by atoms with Gasteiger partial charge in [0.15, 0.2) is 0 Å². The normalized spacial score (nSPS) is 18.7. The van der Waals surface area contributed by atoms with Gasteiger partial charge in [0.25, 0.3) is 5.91 Å². The van der Waals surface area contributed by atoms with Gasteiger partial charge in [0.05, 0.1) is 4.90 Å². The van der Waals surface area contributed by atoms with E-state index in [1.807, 2.05) is 0 Å². The molecule has 1 amide bonds. The van der Waals surface area contributed by atoms with Crippen molar-refractivity contribution in [2.75, 3.05) is 27.2 Å². The molecule has 2 rings (SSSR count). The Bertz CT molecular complexity index is 590. The van der Waals surface area contributed by atoms with Gasteiger partial charge >= 0.3 is 0 Å². The Morgan fingerprint density at radius 2 is 2.00 bits per heavy atom. The first-order valence-electron chi connectivity index (χ1n) is 6.95. The van der Waals surface area contributed by atoms with E-state index in [-0.39, 0.29) is 16.8 Å². The molecule has 0 saturated carbocycles. The van der Waals surface area contributed by atoms with E-state index < -0.39 is 10.0 Å². The second-order valence-corrected chi connectivity index (χ2v) is 7.14. The fraction of sp³-hybridized carbons (Fsp3) is 0.500. The van der Waals surface area contributed by atoms with Crippen molar-refractivity contribution >= 4 is 15.9 Å². The lowest BCUT2D eigenvalue weighted by molar-refractivity contribution is 0.0827. The first-order valence-corrected chi connectivity index (χ1v) is 8.43. The molecule has 0 aromatic heterocycles. The zero-order valence-corrected chi connectivity index (χ0v) is 13.1. The van der Waals surface area contributed by atoms with Crippen molar-refractivity contribution in [2.45, 2.75) is 23.8 Å². The molecule has 1 aliphatic heterocycles. The third kappa shape index (κ3) is 4.03. The number of benzene rings is 1. The predicted octanol–water partition coefficient (Wildman–Crippen LogP) is 0.419. The Morgan fingerprint density at radius 1 is 1.33 bits per heavy atom. The lowest BCUT2D eigenvalue weighted by Crippen LogP contribution is -2.37. The topological polar surface area (TPSA) is 78.5 Å². The minimum Gasteiger partial charge on any atom is -0.345 e. The smallest absolute Gasteiger partial charge is 0.253 e. The molecule has 1 aromatic rings. The number of carbonyl (C=O) groups is 1. The van der Waals surface area contributed by atoms with Gasteiger partial charge in [-0.3, -0.25) is 4.79 Å². The van der Waals surface area contributed by atoms with Crippen LogP contribution < -0.4 is 10.0 Å². The van der Waals surface area contributed by atoms with Crippen LogP contribution in [0, 0.1) is 0 Å². The summed E-state index contributed by atoms with van der Waals surface area (Å²) in [6.07, 6.45) is 2.06. The molecule has 0 spiro atoms. The Morgan fingerprint density at radius 3 is 2.52 bits per heavy atom. The van der Waals surface area contributed by atoms with Crippen LogP contribution in [0.2, 0.25) is 0 Å². The minimum absolute atomic E-state index is 0.151. The van der Waals surface area contributed by atoms with E-state index >= 15 is 0 Å². The Kier molecular flexibility index (Phi) is 4.97. The third-order valence-corrected chi connectivity index (χ3v) is 4.94. The van der Waals surface area contributed by atoms with Gasteiger partial charge in [-0.05, 0) is 43.7 Å². The second kappa shape index (κ2) is 6.55. The van der Waals surface area contributed by atoms with Gasteiger partial charge in [0.2, 0.25) is 10.0 Å². The molecule has 6 nitrogen and oxygen atoms in total. The van der Waals surface area contributed by atoms with Crippen LogP contribution in [0.3, 0.4) is 0 Å². The van der Waals surface area contributed by atoms with E-state index in [1.165, 1.54) is 29.2 Å². The average molecular weight is 311 g/mol. The number of rotatable bonds is 5. The highest BCUT2D eigenvalue weighted by atomic mass is 32.2. The van der Waals surface area contributed by atoms with Gasteiger partial charge in [0.1, 0.15) is 0 Å². The van der Waals surface area contributed by atoms with Crippen molar-refractivity contribution in [3.05, 3.63) is 29.8 Å². The number of sulfonamides is 1. The van der Waals surface area contributed by atoms with Gasteiger partial charge in [-0.15, -0.1) is 0 Å². The molecule has 7 heteroatoms. The van der Waals surface area contributed by atoms with Crippen molar-refractivity contribution in [3.8, 4) is 0 Å². The summed E-state index contributed by atoms with van der Waals surface area (Å²) in [4.78, 5) is 13.4. The maximum Gasteiger partial charge on any atom is 0.253 e. The van der Waals surface area contributed by atoms with Crippen molar-refractivity contribution in [2.24, 2.45) is 0 Å². The van der Waals surface area contributed by atoms with E-state index in [2.05, 4.69) is 10.0 Å². The fourth-order valence-electron chi connectivity index (χ4n) is 2.26. The molecule has 116 valence electrons. The molecule has 1 aromatic carbocycles. The van der Waals surface area contributed by atoms with E-state index in [9.17, 15) is 13.2 Å². The molecule has 2 N–H and O–H groups in total. The molecule has 0 bridgehead atoms. The SMILES string of the molecule is CN(C)C(=O)c1ccc(S(=O)(=O)NCC2CCCN2)cc1. The van der Waals surface area contributed by atoms with Crippen LogP contribution in [0.15, 0.2) is 29.2 Å². The largest absolute Gasteiger partial charge is 0.345 e. The molecule has 1 unspecified atom stereocenters. The highest BCUT2D eigenvalue weighted by Crippen LogP contribution is 2.12. The van der Waals surface area contributed by atoms with Crippen LogP contribution in [-0.2, 0) is 10.0 Å². The van der Waals surface area contributed by atoms with E-state index in [0.717, 1.165) is 19.4 Å². The van der Waals surface area contributed by atoms with Gasteiger partial charge in [-0.2, -0.15) is 0 Å². The fourth-order valence-corrected chi connectivity index (χ4v) is 3.34. The zero-order valence-electron chi connectivity index (χ0n) is 12.3. The third-order valence-electron chi connectivity index (χ3n) is 3.50. The van der Waals surface area contributed by atoms with Gasteiger partial charge in [0, 0.05) is 32.2 Å². The molecule has 1 atom stereocenters. The van der Waals surface area contributed by atoms with Crippen molar-refractivity contribution in [3.63, 3.8) is 0 Å². The summed E-state index contributed by atoms with van der Waals surface area (Å²) >= 11 is 0. The molecule has 21 heavy (non-hydrogen) atoms. The molecule has 0 aliphatic carbocycles. The molecule has 1 heterocycles. The summed E-state index contributed by atoms with van der Waals surface area (Å²) in [6, 6.07) is 6.19. The van der Waals surface area contributed by atoms with Crippen molar-refractivity contribution in [1.82, 2.24) is 14.9 Å². The number of carbonyl (C=O) groups excluding carboxylic acids is 1. The van der Waals surface area contributed by atoms with Gasteiger partial charge in [-0.1, -0.05) is 0 Å². The molecule has 1 fully saturated rings. The second-order valence-electron chi connectivity index (χ2n) is 5.37. The maximum atomic E-state index is 12.2. The zero-order chi connectivity index (χ0) is 15.5. The Labute approximate surface area is 125 Å². The van der Waals surface area contributed by atoms with Gasteiger partial charge < -0.3 is 10.2 Å². The lowest BCUT2D eigenvalue weighted by atomic mass is 10.2. The van der Waals surface area contributed by atoms with Gasteiger partial charge in [-0.25, -0.2) is 13.1 Å². The number of hydrogen-bond acceptors (Lipinski definition) is 4. The van der Waals surface area contributed by atoms with Crippen LogP contribution >= 0.6 is 0 Å². The Hall–Kier alpha value is -1.44. The number of amides is 1. The molecule has 0 radical (unpaired) electrons. The van der Waals surface area contributed by atoms with Crippen molar-refractivity contribution < 1.29 is 13.2 Å². The minimum atomic E-state index is -3.53. The quantitative estimate of drug-likeness (QED) is 0.826. The number of nitrogens with one attached hydrogen (secondary N) is 2. The highest BCUT2D eigenvalue weighted by molar-refractivity contribution is 7.89. The number of hydrogen-bond donors (Lipinski definition) is 2. The summed E-state index contributed by atoms with van der Waals surface area (Å²) in [5, 5.41) is 3.24. The van der Waals surface area contributed by atoms with Crippen LogP contribution in [0.25, 0.3) is 0 Å². The van der Waals surface area contributed by atoms with E-state index in [4.69, 9.17) is 0 Å². The standard InChI is InChI=1S/C14H21N3O3S/c1-17(2)14(18)11-5-7-13(8-6-11)21(19,20)16-10-12-4-3-9-15-12/h5-8,12,15-16H,3-4,9-10H2,1-2H3. The van der Waals surface area contributed by atoms with Crippen LogP contribution in [0.1, 0.15) is 23.2 Å². The summed E-state index contributed by atoms with van der Waals surface area (Å²) in [6.45, 7) is 1.33. The molecular weight excluding hydrogens is 290 g/mol. The van der Waals surface area contributed by atoms with Crippen LogP contribution in [-0.4, -0.2) is 52.5 Å². The first-order chi connectivity index (χ1) is 9.90. The molecule has 1 aliphatic rings. The van der Waals surface area contributed by atoms with E-state index in [1.54, 1.807) is 14.1 Å². The summed E-state index contributed by atoms with van der Waals surface area (Å²) in [5.41, 5.74) is 0.469. The van der Waals surface area contributed by atoms with Crippen LogP contribution in [0.5, 0.6) is 0 Å². The van der Waals surface area contributed by atoms with Crippen molar-refractivity contribution in [1.29, 1.82) is 0 Å². The first kappa shape index (κ1) is 15.9. The monoisotopic (exact) mass is 311 g/mol. The predicted molar refractivity (Wildman–Crippen MR) is 80.7 cm³/mol. The summed E-state index contributed by atoms with van der Waals surface area (Å²) < 4.78 is 26.9. The summed E-state index contributed by atoms with van der Waals surface area (Å²) in [7, 11) is -0.214. The molecule has 1 saturated heterocycles. The van der Waals surface area contributed by atoms with E-state index in [0.29, 0.717) is 12.1 Å².